The summed E-state index contributed by atoms with van der Waals surface area (Å²) in [5.74, 6) is -0.0446. The van der Waals surface area contributed by atoms with Gasteiger partial charge in [0.05, 0.1) is 16.8 Å². The van der Waals surface area contributed by atoms with Crippen LogP contribution in [0.2, 0.25) is 0 Å². The number of rotatable bonds is 5. The van der Waals surface area contributed by atoms with E-state index in [-0.39, 0.29) is 11.9 Å². The second-order valence-corrected chi connectivity index (χ2v) is 8.23. The number of likely N-dealkylation sites (N-methyl/N-ethyl adjacent to an activating group) is 1. The summed E-state index contributed by atoms with van der Waals surface area (Å²) in [5, 5.41) is 7.49. The van der Waals surface area contributed by atoms with E-state index >= 15 is 0 Å². The first-order valence-corrected chi connectivity index (χ1v) is 10.7. The van der Waals surface area contributed by atoms with Gasteiger partial charge in [0.15, 0.2) is 0 Å². The van der Waals surface area contributed by atoms with Crippen molar-refractivity contribution in [3.8, 4) is 5.69 Å². The van der Waals surface area contributed by atoms with Gasteiger partial charge in [0.1, 0.15) is 5.52 Å². The lowest BCUT2D eigenvalue weighted by Crippen LogP contribution is -2.46. The van der Waals surface area contributed by atoms with E-state index in [1.165, 1.54) is 0 Å². The van der Waals surface area contributed by atoms with Crippen molar-refractivity contribution >= 4 is 16.9 Å². The molecule has 31 heavy (non-hydrogen) atoms. The molecule has 4 heterocycles. The van der Waals surface area contributed by atoms with Crippen LogP contribution in [0.25, 0.3) is 16.7 Å². The first-order valence-electron chi connectivity index (χ1n) is 10.7. The monoisotopic (exact) mass is 414 g/mol. The molecule has 0 spiro atoms. The van der Waals surface area contributed by atoms with Gasteiger partial charge < -0.3 is 14.8 Å². The van der Waals surface area contributed by atoms with Gasteiger partial charge in [0, 0.05) is 43.9 Å². The Morgan fingerprint density at radius 2 is 2.03 bits per heavy atom. The molecule has 0 radical (unpaired) electrons. The molecule has 1 N–H and O–H groups in total. The number of carbonyl (C=O) groups is 1. The Bertz CT molecular complexity index is 1180. The van der Waals surface area contributed by atoms with Crippen LogP contribution >= 0.6 is 0 Å². The molecule has 4 aromatic rings. The van der Waals surface area contributed by atoms with Gasteiger partial charge in [-0.1, -0.05) is 12.1 Å². The van der Waals surface area contributed by atoms with Crippen LogP contribution in [0.5, 0.6) is 0 Å². The Labute approximate surface area is 181 Å². The lowest BCUT2D eigenvalue weighted by Gasteiger charge is -2.30. The molecule has 1 aliphatic heterocycles. The zero-order valence-corrected chi connectivity index (χ0v) is 17.6. The molecule has 1 aliphatic rings. The number of benzene rings is 1. The van der Waals surface area contributed by atoms with Gasteiger partial charge in [0.25, 0.3) is 5.91 Å². The molecule has 0 bridgehead atoms. The van der Waals surface area contributed by atoms with Gasteiger partial charge in [-0.2, -0.15) is 5.10 Å². The van der Waals surface area contributed by atoms with E-state index in [0.29, 0.717) is 12.1 Å². The maximum atomic E-state index is 13.1. The predicted octanol–water partition coefficient (Wildman–Crippen LogP) is 3.09. The van der Waals surface area contributed by atoms with Crippen molar-refractivity contribution in [2.75, 3.05) is 20.1 Å². The van der Waals surface area contributed by atoms with Crippen LogP contribution in [0.15, 0.2) is 67.3 Å². The molecule has 0 aliphatic carbocycles. The van der Waals surface area contributed by atoms with E-state index in [1.54, 1.807) is 12.4 Å². The molecular formula is C24H26N6O. The number of hydrogen-bond donors (Lipinski definition) is 1. The number of nitrogens with one attached hydrogen (secondary N) is 1. The third-order valence-electron chi connectivity index (χ3n) is 5.90. The number of fused-ring (bicyclic) bond motifs is 1. The van der Waals surface area contributed by atoms with Gasteiger partial charge in [0.2, 0.25) is 0 Å². The van der Waals surface area contributed by atoms with Crippen molar-refractivity contribution in [2.45, 2.75) is 25.4 Å². The molecule has 3 aromatic heterocycles. The van der Waals surface area contributed by atoms with Crippen molar-refractivity contribution in [2.24, 2.45) is 0 Å². The summed E-state index contributed by atoms with van der Waals surface area (Å²) >= 11 is 0. The summed E-state index contributed by atoms with van der Waals surface area (Å²) in [5.41, 5.74) is 4.52. The number of piperidine rings is 1. The largest absolute Gasteiger partial charge is 0.348 e. The highest BCUT2D eigenvalue weighted by Crippen LogP contribution is 2.21. The zero-order valence-electron chi connectivity index (χ0n) is 17.6. The number of likely N-dealkylation sites (tertiary alicyclic amines) is 1. The van der Waals surface area contributed by atoms with E-state index in [1.807, 2.05) is 35.3 Å². The van der Waals surface area contributed by atoms with Crippen LogP contribution in [0, 0.1) is 0 Å². The summed E-state index contributed by atoms with van der Waals surface area (Å²) in [6, 6.07) is 14.3. The van der Waals surface area contributed by atoms with Crippen LogP contribution in [0.3, 0.4) is 0 Å². The molecule has 0 saturated carbocycles. The number of hydrogen-bond acceptors (Lipinski definition) is 4. The fourth-order valence-electron chi connectivity index (χ4n) is 4.34. The van der Waals surface area contributed by atoms with Crippen molar-refractivity contribution in [3.63, 3.8) is 0 Å². The van der Waals surface area contributed by atoms with E-state index in [4.69, 9.17) is 0 Å². The standard InChI is InChI=1S/C24H26N6O/c1-28-13-3-5-19(16-28)27-24(31)21-17-29(22-6-2-11-25-23(21)22)15-18-7-9-20(10-8-18)30-14-4-12-26-30/h2,4,6-12,14,17,19H,3,5,13,15-16H2,1H3,(H,27,31). The lowest BCUT2D eigenvalue weighted by molar-refractivity contribution is 0.0914. The van der Waals surface area contributed by atoms with E-state index < -0.39 is 0 Å². The van der Waals surface area contributed by atoms with Gasteiger partial charge in [-0.3, -0.25) is 9.78 Å². The molecular weight excluding hydrogens is 388 g/mol. The highest BCUT2D eigenvalue weighted by Gasteiger charge is 2.22. The van der Waals surface area contributed by atoms with Crippen LogP contribution in [-0.4, -0.2) is 56.3 Å². The van der Waals surface area contributed by atoms with Gasteiger partial charge in [-0.15, -0.1) is 0 Å². The third kappa shape index (κ3) is 4.09. The van der Waals surface area contributed by atoms with Crippen molar-refractivity contribution in [1.29, 1.82) is 0 Å². The third-order valence-corrected chi connectivity index (χ3v) is 5.90. The average molecular weight is 415 g/mol. The minimum Gasteiger partial charge on any atom is -0.348 e. The average Bonchev–Trinajstić information content (AvgIpc) is 3.43. The molecule has 1 saturated heterocycles. The molecule has 7 nitrogen and oxygen atoms in total. The van der Waals surface area contributed by atoms with E-state index in [9.17, 15) is 4.79 Å². The van der Waals surface area contributed by atoms with Gasteiger partial charge in [-0.25, -0.2) is 4.68 Å². The maximum Gasteiger partial charge on any atom is 0.255 e. The molecule has 1 unspecified atom stereocenters. The Kier molecular flexibility index (Phi) is 5.26. The summed E-state index contributed by atoms with van der Waals surface area (Å²) < 4.78 is 3.94. The lowest BCUT2D eigenvalue weighted by atomic mass is 10.1. The second kappa shape index (κ2) is 8.35. The molecule has 5 rings (SSSR count). The topological polar surface area (TPSA) is 68.0 Å². The van der Waals surface area contributed by atoms with E-state index in [0.717, 1.165) is 48.2 Å². The number of aromatic nitrogens is 4. The van der Waals surface area contributed by atoms with Gasteiger partial charge in [-0.05, 0) is 62.3 Å². The van der Waals surface area contributed by atoms with Crippen molar-refractivity contribution in [1.82, 2.24) is 29.5 Å². The summed E-state index contributed by atoms with van der Waals surface area (Å²) in [6.07, 6.45) is 9.50. The molecule has 1 amide bonds. The smallest absolute Gasteiger partial charge is 0.255 e. The first kappa shape index (κ1) is 19.5. The summed E-state index contributed by atoms with van der Waals surface area (Å²) in [7, 11) is 2.10. The number of pyridine rings is 1. The van der Waals surface area contributed by atoms with Crippen molar-refractivity contribution < 1.29 is 4.79 Å². The quantitative estimate of drug-likeness (QED) is 0.545. The summed E-state index contributed by atoms with van der Waals surface area (Å²) in [4.78, 5) is 19.9. The molecule has 1 aromatic carbocycles. The molecule has 1 fully saturated rings. The highest BCUT2D eigenvalue weighted by molar-refractivity contribution is 6.05. The minimum atomic E-state index is -0.0446. The predicted molar refractivity (Wildman–Crippen MR) is 120 cm³/mol. The van der Waals surface area contributed by atoms with Crippen molar-refractivity contribution in [3.05, 3.63) is 78.4 Å². The highest BCUT2D eigenvalue weighted by atomic mass is 16.1. The molecule has 158 valence electrons. The molecule has 1 atom stereocenters. The Morgan fingerprint density at radius 3 is 2.81 bits per heavy atom. The van der Waals surface area contributed by atoms with Crippen LogP contribution in [0.1, 0.15) is 28.8 Å². The number of carbonyl (C=O) groups excluding carboxylic acids is 1. The minimum absolute atomic E-state index is 0.0446. The van der Waals surface area contributed by atoms with Crippen LogP contribution in [-0.2, 0) is 6.54 Å². The van der Waals surface area contributed by atoms with E-state index in [2.05, 4.69) is 56.2 Å². The number of nitrogens with zero attached hydrogens (tertiary/aromatic N) is 5. The maximum absolute atomic E-state index is 13.1. The zero-order chi connectivity index (χ0) is 21.2. The SMILES string of the molecule is CN1CCCC(NC(=O)c2cn(Cc3ccc(-n4cccn4)cc3)c3cccnc23)C1. The Morgan fingerprint density at radius 1 is 1.16 bits per heavy atom. The van der Waals surface area contributed by atoms with Crippen LogP contribution in [0.4, 0.5) is 0 Å². The summed E-state index contributed by atoms with van der Waals surface area (Å²) in [6.45, 7) is 2.65. The fourth-order valence-corrected chi connectivity index (χ4v) is 4.34. The fraction of sp³-hybridized carbons (Fsp3) is 0.292. The van der Waals surface area contributed by atoms with Crippen LogP contribution < -0.4 is 5.32 Å². The number of amides is 1. The Balaban J connectivity index is 1.39. The van der Waals surface area contributed by atoms with Gasteiger partial charge >= 0.3 is 0 Å². The Hall–Kier alpha value is -3.45. The first-order chi connectivity index (χ1) is 15.2. The normalized spacial score (nSPS) is 17.1. The molecule has 7 heteroatoms. The second-order valence-electron chi connectivity index (χ2n) is 8.23.